The molecule has 1 saturated heterocycles. The molecule has 2 fully saturated rings. The lowest BCUT2D eigenvalue weighted by molar-refractivity contribution is -0.182. The molecule has 2 aliphatic rings. The van der Waals surface area contributed by atoms with Crippen LogP contribution in [0.1, 0.15) is 59.3 Å². The van der Waals surface area contributed by atoms with Crippen molar-refractivity contribution >= 4 is 5.96 Å². The van der Waals surface area contributed by atoms with E-state index in [9.17, 15) is 13.2 Å². The Balaban J connectivity index is 1.82. The highest BCUT2D eigenvalue weighted by Gasteiger charge is 2.41. The summed E-state index contributed by atoms with van der Waals surface area (Å²) in [7, 11) is 0. The van der Waals surface area contributed by atoms with Gasteiger partial charge in [-0.15, -0.1) is 0 Å². The Morgan fingerprint density at radius 2 is 1.85 bits per heavy atom. The fraction of sp³-hybridized carbons (Fsp3) is 0.950. The summed E-state index contributed by atoms with van der Waals surface area (Å²) in [6.45, 7) is 11.5. The predicted molar refractivity (Wildman–Crippen MR) is 105 cm³/mol. The fourth-order valence-electron chi connectivity index (χ4n) is 4.28. The van der Waals surface area contributed by atoms with Gasteiger partial charge in [0.15, 0.2) is 5.96 Å². The first-order valence-electron chi connectivity index (χ1n) is 10.6. The van der Waals surface area contributed by atoms with Crippen LogP contribution < -0.4 is 10.6 Å². The number of nitrogens with zero attached hydrogens (tertiary/aromatic N) is 2. The second-order valence-electron chi connectivity index (χ2n) is 8.62. The summed E-state index contributed by atoms with van der Waals surface area (Å²) in [4.78, 5) is 7.29. The molecule has 1 unspecified atom stereocenters. The molecule has 1 aliphatic carbocycles. The first-order chi connectivity index (χ1) is 12.8. The van der Waals surface area contributed by atoms with E-state index >= 15 is 0 Å². The van der Waals surface area contributed by atoms with Gasteiger partial charge in [0.05, 0.1) is 5.92 Å². The van der Waals surface area contributed by atoms with Crippen LogP contribution in [0.4, 0.5) is 13.2 Å². The van der Waals surface area contributed by atoms with Gasteiger partial charge in [-0.1, -0.05) is 13.8 Å². The Labute approximate surface area is 162 Å². The third kappa shape index (κ3) is 7.88. The third-order valence-corrected chi connectivity index (χ3v) is 5.61. The molecule has 7 heteroatoms. The largest absolute Gasteiger partial charge is 0.391 e. The molecular formula is C20H37F3N4. The molecule has 0 aromatic heterocycles. The van der Waals surface area contributed by atoms with Crippen LogP contribution in [-0.4, -0.2) is 55.8 Å². The van der Waals surface area contributed by atoms with Crippen molar-refractivity contribution in [3.8, 4) is 0 Å². The molecule has 27 heavy (non-hydrogen) atoms. The third-order valence-electron chi connectivity index (χ3n) is 5.61. The second kappa shape index (κ2) is 10.5. The van der Waals surface area contributed by atoms with Crippen molar-refractivity contribution in [3.63, 3.8) is 0 Å². The molecule has 2 rings (SSSR count). The number of halogens is 3. The molecule has 2 N–H and O–H groups in total. The zero-order valence-corrected chi connectivity index (χ0v) is 17.1. The van der Waals surface area contributed by atoms with Crippen molar-refractivity contribution in [1.29, 1.82) is 0 Å². The van der Waals surface area contributed by atoms with Crippen LogP contribution in [0.2, 0.25) is 0 Å². The molecule has 4 nitrogen and oxygen atoms in total. The van der Waals surface area contributed by atoms with Crippen LogP contribution in [0.25, 0.3) is 0 Å². The number of hydrogen-bond donors (Lipinski definition) is 2. The van der Waals surface area contributed by atoms with Gasteiger partial charge in [0.2, 0.25) is 0 Å². The van der Waals surface area contributed by atoms with Gasteiger partial charge in [0.1, 0.15) is 0 Å². The molecule has 0 bridgehead atoms. The first-order valence-corrected chi connectivity index (χ1v) is 10.6. The summed E-state index contributed by atoms with van der Waals surface area (Å²) in [6, 6.07) is 0.0881. The predicted octanol–water partition coefficient (Wildman–Crippen LogP) is 4.03. The van der Waals surface area contributed by atoms with Crippen LogP contribution in [0.5, 0.6) is 0 Å². The highest BCUT2D eigenvalue weighted by Crippen LogP contribution is 2.37. The quantitative estimate of drug-likeness (QED) is 0.531. The van der Waals surface area contributed by atoms with E-state index in [0.717, 1.165) is 32.1 Å². The number of likely N-dealkylation sites (tertiary alicyclic amines) is 1. The lowest BCUT2D eigenvalue weighted by Crippen LogP contribution is -2.46. The summed E-state index contributed by atoms with van der Waals surface area (Å²) in [5, 5.41) is 6.63. The van der Waals surface area contributed by atoms with Crippen LogP contribution in [0, 0.1) is 17.8 Å². The average Bonchev–Trinajstić information content (AvgIpc) is 2.59. The van der Waals surface area contributed by atoms with E-state index in [1.807, 2.05) is 6.92 Å². The van der Waals surface area contributed by atoms with Gasteiger partial charge in [-0.2, -0.15) is 13.2 Å². The molecule has 0 amide bonds. The molecule has 1 atom stereocenters. The van der Waals surface area contributed by atoms with E-state index in [0.29, 0.717) is 24.7 Å². The zero-order chi connectivity index (χ0) is 19.9. The molecule has 0 aromatic rings. The minimum Gasteiger partial charge on any atom is -0.357 e. The minimum absolute atomic E-state index is 0.0881. The number of aliphatic imine (C=N–C) groups is 1. The van der Waals surface area contributed by atoms with Gasteiger partial charge < -0.3 is 15.5 Å². The maximum Gasteiger partial charge on any atom is 0.391 e. The van der Waals surface area contributed by atoms with Crippen molar-refractivity contribution in [2.24, 2.45) is 22.7 Å². The summed E-state index contributed by atoms with van der Waals surface area (Å²) >= 11 is 0. The van der Waals surface area contributed by atoms with Gasteiger partial charge in [-0.05, 0) is 63.8 Å². The Morgan fingerprint density at radius 3 is 2.44 bits per heavy atom. The van der Waals surface area contributed by atoms with Crippen molar-refractivity contribution in [2.75, 3.05) is 32.7 Å². The summed E-state index contributed by atoms with van der Waals surface area (Å²) in [6.07, 6.45) is -0.0833. The first kappa shape index (κ1) is 22.3. The van der Waals surface area contributed by atoms with E-state index in [4.69, 9.17) is 4.99 Å². The van der Waals surface area contributed by atoms with Gasteiger partial charge in [-0.25, -0.2) is 0 Å². The monoisotopic (exact) mass is 390 g/mol. The maximum atomic E-state index is 12.8. The summed E-state index contributed by atoms with van der Waals surface area (Å²) in [5.41, 5.74) is 0. The number of guanidine groups is 1. The van der Waals surface area contributed by atoms with Crippen LogP contribution in [0.15, 0.2) is 4.99 Å². The minimum atomic E-state index is -4.05. The molecule has 158 valence electrons. The van der Waals surface area contributed by atoms with Crippen molar-refractivity contribution < 1.29 is 13.2 Å². The Hall–Kier alpha value is -0.980. The number of nitrogens with one attached hydrogen (secondary N) is 2. The molecule has 0 spiro atoms. The van der Waals surface area contributed by atoms with Crippen molar-refractivity contribution in [1.82, 2.24) is 15.5 Å². The van der Waals surface area contributed by atoms with Gasteiger partial charge in [0.25, 0.3) is 0 Å². The standard InChI is InChI=1S/C20H37F3N4/c1-4-24-19(26-18-9-7-17(8-10-18)20(21,22)23)25-12-16-6-5-11-27(14-16)13-15(2)3/h15-18H,4-14H2,1-3H3,(H2,24,25,26). The smallest absolute Gasteiger partial charge is 0.357 e. The normalized spacial score (nSPS) is 28.4. The van der Waals surface area contributed by atoms with E-state index in [1.54, 1.807) is 0 Å². The van der Waals surface area contributed by atoms with Crippen LogP contribution in [-0.2, 0) is 0 Å². The highest BCUT2D eigenvalue weighted by molar-refractivity contribution is 5.80. The van der Waals surface area contributed by atoms with E-state index in [1.165, 1.54) is 19.4 Å². The Kier molecular flexibility index (Phi) is 8.70. The number of hydrogen-bond acceptors (Lipinski definition) is 2. The summed E-state index contributed by atoms with van der Waals surface area (Å²) < 4.78 is 38.5. The van der Waals surface area contributed by atoms with Crippen LogP contribution >= 0.6 is 0 Å². The van der Waals surface area contributed by atoms with Gasteiger partial charge >= 0.3 is 6.18 Å². The Morgan fingerprint density at radius 1 is 1.15 bits per heavy atom. The topological polar surface area (TPSA) is 39.7 Å². The molecule has 1 heterocycles. The number of alkyl halides is 3. The van der Waals surface area contributed by atoms with Crippen LogP contribution in [0.3, 0.4) is 0 Å². The molecule has 1 saturated carbocycles. The van der Waals surface area contributed by atoms with Gasteiger partial charge in [-0.3, -0.25) is 4.99 Å². The SMILES string of the molecule is CCNC(=NCC1CCCN(CC(C)C)C1)NC1CCC(C(F)(F)F)CC1. The second-order valence-corrected chi connectivity index (χ2v) is 8.62. The number of rotatable bonds is 6. The molecule has 0 aromatic carbocycles. The zero-order valence-electron chi connectivity index (χ0n) is 17.1. The van der Waals surface area contributed by atoms with Crippen molar-refractivity contribution in [3.05, 3.63) is 0 Å². The fourth-order valence-corrected chi connectivity index (χ4v) is 4.28. The van der Waals surface area contributed by atoms with Crippen molar-refractivity contribution in [2.45, 2.75) is 71.5 Å². The van der Waals surface area contributed by atoms with Gasteiger partial charge in [0, 0.05) is 32.2 Å². The molecule has 1 aliphatic heterocycles. The average molecular weight is 391 g/mol. The summed E-state index contributed by atoms with van der Waals surface area (Å²) in [5.74, 6) is 0.866. The maximum absolute atomic E-state index is 12.8. The van der Waals surface area contributed by atoms with E-state index in [2.05, 4.69) is 29.4 Å². The lowest BCUT2D eigenvalue weighted by Gasteiger charge is -2.33. The molecule has 0 radical (unpaired) electrons. The van der Waals surface area contributed by atoms with E-state index < -0.39 is 12.1 Å². The number of piperidine rings is 1. The molecular weight excluding hydrogens is 353 g/mol. The van der Waals surface area contributed by atoms with E-state index in [-0.39, 0.29) is 18.9 Å². The lowest BCUT2D eigenvalue weighted by atomic mass is 9.85. The highest BCUT2D eigenvalue weighted by atomic mass is 19.4. The Bertz CT molecular complexity index is 457.